The topological polar surface area (TPSA) is 65.7 Å². The molecule has 0 amide bonds. The van der Waals surface area contributed by atoms with Crippen LogP contribution in [0.3, 0.4) is 0 Å². The van der Waals surface area contributed by atoms with Gasteiger partial charge in [-0.05, 0) is 24.6 Å². The summed E-state index contributed by atoms with van der Waals surface area (Å²) in [5.41, 5.74) is -2.15. The molecule has 11 heteroatoms. The van der Waals surface area contributed by atoms with Crippen LogP contribution in [0.2, 0.25) is 5.02 Å². The van der Waals surface area contributed by atoms with E-state index in [-0.39, 0.29) is 30.5 Å². The van der Waals surface area contributed by atoms with Crippen molar-refractivity contribution in [1.29, 1.82) is 0 Å². The Morgan fingerprint density at radius 1 is 1.37 bits per heavy atom. The molecule has 0 aliphatic carbocycles. The highest BCUT2D eigenvalue weighted by Gasteiger charge is 2.57. The van der Waals surface area contributed by atoms with Gasteiger partial charge < -0.3 is 19.9 Å². The van der Waals surface area contributed by atoms with Crippen molar-refractivity contribution in [1.82, 2.24) is 19.8 Å². The molecule has 1 unspecified atom stereocenters. The number of nitrogens with zero attached hydrogens (tertiary/aromatic N) is 4. The Labute approximate surface area is 196 Å². The number of aliphatic imine (C=N–C) groups is 1. The highest BCUT2D eigenvalue weighted by molar-refractivity contribution is 14.0. The summed E-state index contributed by atoms with van der Waals surface area (Å²) in [4.78, 5) is 9.75. The van der Waals surface area contributed by atoms with Crippen LogP contribution in [0.1, 0.15) is 24.7 Å². The number of hydrogen-bond donors (Lipinski definition) is 2. The maximum Gasteiger partial charge on any atom is 0.424 e. The lowest BCUT2D eigenvalue weighted by Gasteiger charge is -2.29. The van der Waals surface area contributed by atoms with Gasteiger partial charge in [-0.15, -0.1) is 24.0 Å². The Balaban J connectivity index is 0.00000450. The van der Waals surface area contributed by atoms with Gasteiger partial charge in [0.05, 0.1) is 0 Å². The van der Waals surface area contributed by atoms with Crippen LogP contribution in [0.4, 0.5) is 13.2 Å². The summed E-state index contributed by atoms with van der Waals surface area (Å²) < 4.78 is 42.0. The highest BCUT2D eigenvalue weighted by Crippen LogP contribution is 2.40. The molecule has 1 aromatic carbocycles. The summed E-state index contributed by atoms with van der Waals surface area (Å²) >= 11 is 6.00. The van der Waals surface area contributed by atoms with Gasteiger partial charge >= 0.3 is 6.18 Å². The van der Waals surface area contributed by atoms with Crippen LogP contribution in [0, 0.1) is 0 Å². The molecule has 2 rings (SSSR count). The number of nitrogens with one attached hydrogen (secondary N) is 1. The molecule has 2 aromatic rings. The number of hydrogen-bond acceptors (Lipinski definition) is 3. The van der Waals surface area contributed by atoms with Gasteiger partial charge in [0, 0.05) is 57.6 Å². The van der Waals surface area contributed by atoms with E-state index >= 15 is 0 Å². The van der Waals surface area contributed by atoms with Crippen molar-refractivity contribution in [3.8, 4) is 0 Å². The van der Waals surface area contributed by atoms with E-state index in [9.17, 15) is 18.3 Å². The van der Waals surface area contributed by atoms with Crippen LogP contribution in [-0.2, 0) is 19.2 Å². The van der Waals surface area contributed by atoms with Gasteiger partial charge in [0.1, 0.15) is 5.82 Å². The minimum atomic E-state index is -4.88. The molecule has 1 atom stereocenters. The van der Waals surface area contributed by atoms with Gasteiger partial charge in [-0.25, -0.2) is 4.98 Å². The summed E-state index contributed by atoms with van der Waals surface area (Å²) in [6, 6.07) is 7.30. The van der Waals surface area contributed by atoms with Crippen molar-refractivity contribution in [3.63, 3.8) is 0 Å². The summed E-state index contributed by atoms with van der Waals surface area (Å²) in [5.74, 6) is -0.0330. The quantitative estimate of drug-likeness (QED) is 0.307. The maximum atomic E-state index is 13.6. The molecule has 2 N–H and O–H groups in total. The van der Waals surface area contributed by atoms with Crippen LogP contribution >= 0.6 is 35.6 Å². The monoisotopic (exact) mass is 559 g/mol. The van der Waals surface area contributed by atoms with Crippen molar-refractivity contribution < 1.29 is 18.3 Å². The van der Waals surface area contributed by atoms with Gasteiger partial charge in [0.25, 0.3) is 0 Å². The largest absolute Gasteiger partial charge is 0.424 e. The van der Waals surface area contributed by atoms with Gasteiger partial charge in [-0.3, -0.25) is 4.99 Å². The third-order valence-electron chi connectivity index (χ3n) is 4.40. The van der Waals surface area contributed by atoms with Crippen molar-refractivity contribution >= 4 is 41.5 Å². The molecular formula is C19H26ClF3IN5O. The Morgan fingerprint density at radius 3 is 2.60 bits per heavy atom. The average molecular weight is 560 g/mol. The van der Waals surface area contributed by atoms with Crippen molar-refractivity contribution in [3.05, 3.63) is 53.1 Å². The fourth-order valence-electron chi connectivity index (χ4n) is 2.92. The Hall–Kier alpha value is -1.53. The van der Waals surface area contributed by atoms with Crippen LogP contribution in [0.25, 0.3) is 0 Å². The fourth-order valence-corrected chi connectivity index (χ4v) is 3.13. The molecule has 30 heavy (non-hydrogen) atoms. The molecule has 0 saturated carbocycles. The molecule has 1 aromatic heterocycles. The predicted octanol–water partition coefficient (Wildman–Crippen LogP) is 3.93. The second kappa shape index (κ2) is 11.2. The average Bonchev–Trinajstić information content (AvgIpc) is 3.06. The summed E-state index contributed by atoms with van der Waals surface area (Å²) in [5, 5.41) is 14.1. The highest BCUT2D eigenvalue weighted by atomic mass is 127. The first-order chi connectivity index (χ1) is 13.6. The number of imidazole rings is 1. The minimum absolute atomic E-state index is 0. The zero-order chi connectivity index (χ0) is 21.7. The van der Waals surface area contributed by atoms with Crippen molar-refractivity contribution in [2.75, 3.05) is 20.1 Å². The number of guanidine groups is 1. The smallest absolute Gasteiger partial charge is 0.374 e. The first-order valence-electron chi connectivity index (χ1n) is 9.09. The van der Waals surface area contributed by atoms with E-state index in [2.05, 4.69) is 15.3 Å². The lowest BCUT2D eigenvalue weighted by atomic mass is 9.98. The number of aromatic nitrogens is 2. The molecule has 0 spiro atoms. The van der Waals surface area contributed by atoms with Gasteiger partial charge in [-0.1, -0.05) is 23.7 Å². The molecule has 0 bridgehead atoms. The molecule has 0 aliphatic heterocycles. The lowest BCUT2D eigenvalue weighted by molar-refractivity contribution is -0.272. The SMILES string of the molecule is CCNC(=NCCC(O)(c1nccn1C)C(F)(F)F)N(C)Cc1cccc(Cl)c1.I. The van der Waals surface area contributed by atoms with E-state index in [0.29, 0.717) is 24.1 Å². The second-order valence-electron chi connectivity index (χ2n) is 6.69. The van der Waals surface area contributed by atoms with Crippen molar-refractivity contribution in [2.24, 2.45) is 12.0 Å². The van der Waals surface area contributed by atoms with Crippen LogP contribution in [-0.4, -0.2) is 51.8 Å². The molecule has 1 heterocycles. The number of aryl methyl sites for hydroxylation is 1. The molecule has 0 saturated heterocycles. The summed E-state index contributed by atoms with van der Waals surface area (Å²) in [6.45, 7) is 2.63. The minimum Gasteiger partial charge on any atom is -0.374 e. The third kappa shape index (κ3) is 6.48. The van der Waals surface area contributed by atoms with Crippen LogP contribution < -0.4 is 5.32 Å². The zero-order valence-electron chi connectivity index (χ0n) is 16.9. The van der Waals surface area contributed by atoms with Crippen LogP contribution in [0.5, 0.6) is 0 Å². The normalized spacial score (nSPS) is 14.1. The first kappa shape index (κ1) is 26.5. The van der Waals surface area contributed by atoms with E-state index in [1.807, 2.05) is 25.1 Å². The van der Waals surface area contributed by atoms with E-state index in [1.54, 1.807) is 18.0 Å². The van der Waals surface area contributed by atoms with Crippen molar-refractivity contribution in [2.45, 2.75) is 31.7 Å². The molecule has 6 nitrogen and oxygen atoms in total. The fraction of sp³-hybridized carbons (Fsp3) is 0.474. The molecule has 0 radical (unpaired) electrons. The van der Waals surface area contributed by atoms with Gasteiger partial charge in [-0.2, -0.15) is 13.2 Å². The maximum absolute atomic E-state index is 13.6. The van der Waals surface area contributed by atoms with E-state index in [0.717, 1.165) is 10.1 Å². The van der Waals surface area contributed by atoms with E-state index in [1.165, 1.54) is 19.4 Å². The van der Waals surface area contributed by atoms with E-state index in [4.69, 9.17) is 11.6 Å². The molecule has 0 aliphatic rings. The second-order valence-corrected chi connectivity index (χ2v) is 7.13. The Bertz CT molecular complexity index is 846. The number of benzene rings is 1. The Morgan fingerprint density at radius 2 is 2.07 bits per heavy atom. The Kier molecular flexibility index (Phi) is 9.89. The lowest BCUT2D eigenvalue weighted by Crippen LogP contribution is -2.45. The van der Waals surface area contributed by atoms with E-state index < -0.39 is 24.0 Å². The standard InChI is InChI=1S/C19H25ClF3N5O.HI/c1-4-24-17(28(3)13-14-6-5-7-15(20)12-14)26-9-8-18(29,19(21,22)23)16-25-10-11-27(16)2;/h5-7,10-12,29H,4,8-9,13H2,1-3H3,(H,24,26);1H. The summed E-state index contributed by atoms with van der Waals surface area (Å²) in [7, 11) is 3.18. The summed E-state index contributed by atoms with van der Waals surface area (Å²) in [6.07, 6.45) is -2.95. The number of aliphatic hydroxyl groups is 1. The van der Waals surface area contributed by atoms with Gasteiger partial charge in [0.15, 0.2) is 5.96 Å². The molecule has 168 valence electrons. The third-order valence-corrected chi connectivity index (χ3v) is 4.64. The zero-order valence-corrected chi connectivity index (χ0v) is 20.0. The number of alkyl halides is 3. The first-order valence-corrected chi connectivity index (χ1v) is 9.47. The number of rotatable bonds is 7. The molecule has 0 fully saturated rings. The molecular weight excluding hydrogens is 534 g/mol. The predicted molar refractivity (Wildman–Crippen MR) is 122 cm³/mol. The van der Waals surface area contributed by atoms with Gasteiger partial charge in [0.2, 0.25) is 5.60 Å². The number of halogens is 5. The van der Waals surface area contributed by atoms with Crippen LogP contribution in [0.15, 0.2) is 41.7 Å².